The minimum Gasteiger partial charge on any atom is -0.465 e. The standard InChI is InChI=1S/C18H23Cl2N3O4Si/c1-28(2,3)7-6-27-10-22-4-5-23-14(17(22)24)8-11-13(21-18(25)26)9-12(19)15(20)16(11)23/h8-9,21H,4-7,10H2,1-3H3,(H,25,26). The van der Waals surface area contributed by atoms with Crippen LogP contribution in [0.5, 0.6) is 0 Å². The molecule has 3 rings (SSSR count). The van der Waals surface area contributed by atoms with E-state index in [4.69, 9.17) is 33.0 Å². The molecule has 1 aromatic carbocycles. The van der Waals surface area contributed by atoms with Crippen LogP contribution in [-0.4, -0.2) is 54.5 Å². The van der Waals surface area contributed by atoms with Crippen LogP contribution in [0.2, 0.25) is 35.7 Å². The van der Waals surface area contributed by atoms with E-state index in [1.807, 2.05) is 0 Å². The first kappa shape index (κ1) is 21.0. The molecular formula is C18H23Cl2N3O4Si. The molecular weight excluding hydrogens is 421 g/mol. The Hall–Kier alpha value is -1.74. The van der Waals surface area contributed by atoms with E-state index in [1.54, 1.807) is 15.5 Å². The molecule has 2 heterocycles. The molecule has 0 saturated heterocycles. The second-order valence-corrected chi connectivity index (χ2v) is 14.4. The van der Waals surface area contributed by atoms with E-state index in [0.29, 0.717) is 47.0 Å². The zero-order chi connectivity index (χ0) is 20.6. The van der Waals surface area contributed by atoms with Crippen LogP contribution in [0.3, 0.4) is 0 Å². The molecule has 0 unspecified atom stereocenters. The first-order valence-electron chi connectivity index (χ1n) is 8.96. The Morgan fingerprint density at radius 1 is 1.29 bits per heavy atom. The quantitative estimate of drug-likeness (QED) is 0.495. The van der Waals surface area contributed by atoms with E-state index in [1.165, 1.54) is 6.07 Å². The van der Waals surface area contributed by atoms with E-state index in [2.05, 4.69) is 25.0 Å². The van der Waals surface area contributed by atoms with Crippen LogP contribution in [0.15, 0.2) is 12.1 Å². The zero-order valence-corrected chi connectivity index (χ0v) is 18.5. The highest BCUT2D eigenvalue weighted by molar-refractivity contribution is 6.76. The van der Waals surface area contributed by atoms with E-state index in [9.17, 15) is 9.59 Å². The number of halogens is 2. The molecule has 10 heteroatoms. The number of ether oxygens (including phenoxy) is 1. The lowest BCUT2D eigenvalue weighted by molar-refractivity contribution is 0.0222. The van der Waals surface area contributed by atoms with Gasteiger partial charge in [-0.15, -0.1) is 0 Å². The lowest BCUT2D eigenvalue weighted by Crippen LogP contribution is -2.41. The molecule has 0 saturated carbocycles. The van der Waals surface area contributed by atoms with Gasteiger partial charge in [0.1, 0.15) is 12.4 Å². The van der Waals surface area contributed by atoms with Crippen molar-refractivity contribution in [3.8, 4) is 0 Å². The van der Waals surface area contributed by atoms with Crippen LogP contribution >= 0.6 is 23.2 Å². The highest BCUT2D eigenvalue weighted by atomic mass is 35.5. The monoisotopic (exact) mass is 443 g/mol. The summed E-state index contributed by atoms with van der Waals surface area (Å²) in [6, 6.07) is 4.14. The van der Waals surface area contributed by atoms with Crippen LogP contribution in [0.1, 0.15) is 10.5 Å². The first-order valence-corrected chi connectivity index (χ1v) is 13.4. The molecule has 0 atom stereocenters. The Bertz CT molecular complexity index is 939. The Kier molecular flexibility index (Phi) is 5.95. The number of hydrogen-bond donors (Lipinski definition) is 2. The molecule has 0 fully saturated rings. The van der Waals surface area contributed by atoms with Crippen molar-refractivity contribution in [2.75, 3.05) is 25.2 Å². The number of carbonyl (C=O) groups excluding carboxylic acids is 1. The molecule has 0 aliphatic carbocycles. The maximum Gasteiger partial charge on any atom is 0.409 e. The molecule has 2 N–H and O–H groups in total. The Labute approximate surface area is 174 Å². The Balaban J connectivity index is 1.87. The van der Waals surface area contributed by atoms with Gasteiger partial charge in [0.25, 0.3) is 5.91 Å². The predicted octanol–water partition coefficient (Wildman–Crippen LogP) is 4.81. The van der Waals surface area contributed by atoms with Gasteiger partial charge in [-0.25, -0.2) is 4.79 Å². The molecule has 7 nitrogen and oxygen atoms in total. The normalized spacial score (nSPS) is 14.5. The van der Waals surface area contributed by atoms with Crippen molar-refractivity contribution in [1.29, 1.82) is 0 Å². The highest BCUT2D eigenvalue weighted by Gasteiger charge is 2.29. The van der Waals surface area contributed by atoms with Crippen molar-refractivity contribution in [2.45, 2.75) is 32.2 Å². The summed E-state index contributed by atoms with van der Waals surface area (Å²) in [6.07, 6.45) is -1.22. The van der Waals surface area contributed by atoms with Crippen molar-refractivity contribution < 1.29 is 19.4 Å². The zero-order valence-electron chi connectivity index (χ0n) is 16.0. The fourth-order valence-corrected chi connectivity index (χ4v) is 4.37. The summed E-state index contributed by atoms with van der Waals surface area (Å²) in [7, 11) is -1.19. The summed E-state index contributed by atoms with van der Waals surface area (Å²) in [4.78, 5) is 25.7. The van der Waals surface area contributed by atoms with Crippen LogP contribution in [-0.2, 0) is 11.3 Å². The number of aromatic nitrogens is 1. The molecule has 28 heavy (non-hydrogen) atoms. The fourth-order valence-electron chi connectivity index (χ4n) is 3.16. The summed E-state index contributed by atoms with van der Waals surface area (Å²) in [5.74, 6) is -0.177. The van der Waals surface area contributed by atoms with E-state index in [-0.39, 0.29) is 17.7 Å². The molecule has 1 aromatic heterocycles. The predicted molar refractivity (Wildman–Crippen MR) is 114 cm³/mol. The molecule has 1 aliphatic rings. The van der Waals surface area contributed by atoms with E-state index < -0.39 is 14.2 Å². The largest absolute Gasteiger partial charge is 0.465 e. The van der Waals surface area contributed by atoms with Gasteiger partial charge in [0.2, 0.25) is 0 Å². The third-order valence-corrected chi connectivity index (χ3v) is 7.14. The number of amides is 2. The van der Waals surface area contributed by atoms with Crippen LogP contribution in [0.4, 0.5) is 10.5 Å². The van der Waals surface area contributed by atoms with Gasteiger partial charge in [-0.05, 0) is 18.2 Å². The van der Waals surface area contributed by atoms with Crippen LogP contribution in [0, 0.1) is 0 Å². The van der Waals surface area contributed by atoms with E-state index in [0.717, 1.165) is 6.04 Å². The second kappa shape index (κ2) is 7.94. The average Bonchev–Trinajstić information content (AvgIpc) is 2.97. The summed E-state index contributed by atoms with van der Waals surface area (Å²) >= 11 is 12.5. The number of rotatable bonds is 6. The highest BCUT2D eigenvalue weighted by Crippen LogP contribution is 2.39. The minimum atomic E-state index is -1.22. The van der Waals surface area contributed by atoms with Gasteiger partial charge in [-0.3, -0.25) is 10.1 Å². The van der Waals surface area contributed by atoms with Crippen molar-refractivity contribution >= 4 is 59.9 Å². The Morgan fingerprint density at radius 2 is 2.00 bits per heavy atom. The topological polar surface area (TPSA) is 83.8 Å². The molecule has 1 aliphatic heterocycles. The van der Waals surface area contributed by atoms with Gasteiger partial charge in [-0.2, -0.15) is 0 Å². The number of fused-ring (bicyclic) bond motifs is 3. The van der Waals surface area contributed by atoms with Crippen molar-refractivity contribution in [1.82, 2.24) is 9.47 Å². The fraction of sp³-hybridized carbons (Fsp3) is 0.444. The van der Waals surface area contributed by atoms with Crippen LogP contribution in [0.25, 0.3) is 10.9 Å². The minimum absolute atomic E-state index is 0.177. The molecule has 0 spiro atoms. The molecule has 2 amide bonds. The molecule has 2 aromatic rings. The number of carbonyl (C=O) groups is 2. The second-order valence-electron chi connectivity index (χ2n) is 8.01. The lowest BCUT2D eigenvalue weighted by Gasteiger charge is -2.29. The van der Waals surface area contributed by atoms with E-state index >= 15 is 0 Å². The summed E-state index contributed by atoms with van der Waals surface area (Å²) < 4.78 is 7.51. The third kappa shape index (κ3) is 4.30. The third-order valence-electron chi connectivity index (χ3n) is 4.66. The SMILES string of the molecule is C[Si](C)(C)CCOCN1CCn2c(cc3c(NC(=O)O)cc(Cl)c(Cl)c32)C1=O. The number of benzene rings is 1. The average molecular weight is 444 g/mol. The van der Waals surface area contributed by atoms with Gasteiger partial charge in [0, 0.05) is 33.2 Å². The number of nitrogens with zero attached hydrogens (tertiary/aromatic N) is 2. The molecule has 0 radical (unpaired) electrons. The van der Waals surface area contributed by atoms with Crippen molar-refractivity contribution in [3.63, 3.8) is 0 Å². The summed E-state index contributed by atoms with van der Waals surface area (Å²) in [5.41, 5.74) is 1.29. The number of hydrogen-bond acceptors (Lipinski definition) is 3. The molecule has 0 bridgehead atoms. The van der Waals surface area contributed by atoms with Crippen molar-refractivity contribution in [3.05, 3.63) is 27.9 Å². The maximum absolute atomic E-state index is 12.9. The van der Waals surface area contributed by atoms with Gasteiger partial charge in [-0.1, -0.05) is 42.8 Å². The molecule has 152 valence electrons. The maximum atomic E-state index is 12.9. The summed E-state index contributed by atoms with van der Waals surface area (Å²) in [5, 5.41) is 12.5. The smallest absolute Gasteiger partial charge is 0.409 e. The lowest BCUT2D eigenvalue weighted by atomic mass is 10.2. The van der Waals surface area contributed by atoms with Crippen LogP contribution < -0.4 is 5.32 Å². The number of nitrogens with one attached hydrogen (secondary N) is 1. The first-order chi connectivity index (χ1) is 13.1. The number of carboxylic acid groups (broad SMARTS) is 1. The summed E-state index contributed by atoms with van der Waals surface area (Å²) in [6.45, 7) is 8.70. The van der Waals surface area contributed by atoms with Gasteiger partial charge < -0.3 is 19.3 Å². The van der Waals surface area contributed by atoms with Gasteiger partial charge >= 0.3 is 6.09 Å². The number of anilines is 1. The van der Waals surface area contributed by atoms with Gasteiger partial charge in [0.15, 0.2) is 0 Å². The van der Waals surface area contributed by atoms with Gasteiger partial charge in [0.05, 0.1) is 21.2 Å². The van der Waals surface area contributed by atoms with Crippen molar-refractivity contribution in [2.24, 2.45) is 0 Å². The Morgan fingerprint density at radius 3 is 2.64 bits per heavy atom.